The van der Waals surface area contributed by atoms with Gasteiger partial charge < -0.3 is 14.8 Å². The summed E-state index contributed by atoms with van der Waals surface area (Å²) in [5.41, 5.74) is 0.664. The number of aromatic nitrogens is 2. The fourth-order valence-corrected chi connectivity index (χ4v) is 1.06. The van der Waals surface area contributed by atoms with Gasteiger partial charge in [0, 0.05) is 13.1 Å². The minimum atomic E-state index is 0.380. The van der Waals surface area contributed by atoms with E-state index in [-0.39, 0.29) is 0 Å². The number of methoxy groups -OCH3 is 2. The largest absolute Gasteiger partial charge is 0.480 e. The van der Waals surface area contributed by atoms with Crippen molar-refractivity contribution in [2.24, 2.45) is 0 Å². The molecule has 0 bridgehead atoms. The van der Waals surface area contributed by atoms with Crippen LogP contribution in [0.3, 0.4) is 0 Å². The van der Waals surface area contributed by atoms with Crippen LogP contribution in [0.1, 0.15) is 5.56 Å². The Hall–Kier alpha value is -1.43. The number of nitrogens with zero attached hydrogens (tertiary/aromatic N) is 2. The summed E-state index contributed by atoms with van der Waals surface area (Å²) in [6.45, 7) is 0. The van der Waals surface area contributed by atoms with Crippen molar-refractivity contribution in [1.29, 1.82) is 0 Å². The maximum atomic E-state index is 5.07. The zero-order valence-electron chi connectivity index (χ0n) is 8.20. The fraction of sp³-hybridized carbons (Fsp3) is 0.375. The number of hydrogen-bond acceptors (Lipinski definition) is 5. The highest BCUT2D eigenvalue weighted by molar-refractivity contribution is 7.80. The molecule has 1 N–H and O–H groups in total. The normalized spacial score (nSPS) is 9.36. The quantitative estimate of drug-likeness (QED) is 0.733. The van der Waals surface area contributed by atoms with E-state index in [4.69, 9.17) is 21.7 Å². The van der Waals surface area contributed by atoms with Gasteiger partial charge in [-0.3, -0.25) is 0 Å². The molecule has 1 aromatic heterocycles. The van der Waals surface area contributed by atoms with Gasteiger partial charge in [0.25, 0.3) is 0 Å². The van der Waals surface area contributed by atoms with Crippen LogP contribution in [0, 0.1) is 0 Å². The van der Waals surface area contributed by atoms with Crippen molar-refractivity contribution < 1.29 is 9.47 Å². The van der Waals surface area contributed by atoms with Crippen LogP contribution in [0.15, 0.2) is 6.07 Å². The monoisotopic (exact) mass is 213 g/mol. The number of nitrogens with one attached hydrogen (secondary N) is 1. The van der Waals surface area contributed by atoms with Crippen molar-refractivity contribution in [3.63, 3.8) is 0 Å². The summed E-state index contributed by atoms with van der Waals surface area (Å²) in [6.07, 6.45) is 0. The SMILES string of the molecule is CNC(=S)c1cc(OC)nnc1OC. The second-order valence-electron chi connectivity index (χ2n) is 2.39. The number of hydrogen-bond donors (Lipinski definition) is 1. The average Bonchev–Trinajstić information content (AvgIpc) is 2.27. The van der Waals surface area contributed by atoms with Crippen molar-refractivity contribution in [3.8, 4) is 11.8 Å². The third kappa shape index (κ3) is 2.08. The van der Waals surface area contributed by atoms with Crippen LogP contribution in [0.5, 0.6) is 11.8 Å². The number of thiocarbonyl (C=S) groups is 1. The van der Waals surface area contributed by atoms with Crippen molar-refractivity contribution in [2.75, 3.05) is 21.3 Å². The van der Waals surface area contributed by atoms with Gasteiger partial charge in [0.1, 0.15) is 4.99 Å². The molecule has 0 fully saturated rings. The molecule has 0 amide bonds. The third-order valence-electron chi connectivity index (χ3n) is 1.61. The molecule has 0 aliphatic heterocycles. The number of rotatable bonds is 3. The highest BCUT2D eigenvalue weighted by atomic mass is 32.1. The van der Waals surface area contributed by atoms with Crippen LogP contribution in [-0.2, 0) is 0 Å². The van der Waals surface area contributed by atoms with Crippen molar-refractivity contribution >= 4 is 17.2 Å². The second-order valence-corrected chi connectivity index (χ2v) is 2.80. The van der Waals surface area contributed by atoms with Gasteiger partial charge in [-0.15, -0.1) is 10.2 Å². The second kappa shape index (κ2) is 4.71. The summed E-state index contributed by atoms with van der Waals surface area (Å²) in [4.78, 5) is 0.537. The molecule has 0 radical (unpaired) electrons. The van der Waals surface area contributed by atoms with Crippen LogP contribution in [0.2, 0.25) is 0 Å². The van der Waals surface area contributed by atoms with Crippen LogP contribution in [0.4, 0.5) is 0 Å². The topological polar surface area (TPSA) is 56.3 Å². The first-order valence-electron chi connectivity index (χ1n) is 3.90. The third-order valence-corrected chi connectivity index (χ3v) is 2.04. The molecule has 1 rings (SSSR count). The smallest absolute Gasteiger partial charge is 0.243 e. The maximum absolute atomic E-state index is 5.07. The molecule has 0 spiro atoms. The van der Waals surface area contributed by atoms with Gasteiger partial charge in [0.15, 0.2) is 0 Å². The van der Waals surface area contributed by atoms with Gasteiger partial charge in [-0.25, -0.2) is 0 Å². The van der Waals surface area contributed by atoms with E-state index in [0.717, 1.165) is 0 Å². The molecule has 0 saturated heterocycles. The molecule has 5 nitrogen and oxygen atoms in total. The van der Waals surface area contributed by atoms with Crippen molar-refractivity contribution in [3.05, 3.63) is 11.6 Å². The average molecular weight is 213 g/mol. The molecular weight excluding hydrogens is 202 g/mol. The lowest BCUT2D eigenvalue weighted by Crippen LogP contribution is -2.18. The lowest BCUT2D eigenvalue weighted by atomic mass is 10.3. The predicted molar refractivity (Wildman–Crippen MR) is 55.9 cm³/mol. The first-order valence-corrected chi connectivity index (χ1v) is 4.31. The van der Waals surface area contributed by atoms with Crippen molar-refractivity contribution in [1.82, 2.24) is 15.5 Å². The predicted octanol–water partition coefficient (Wildman–Crippen LogP) is 0.389. The first-order chi connectivity index (χ1) is 6.72. The van der Waals surface area contributed by atoms with Gasteiger partial charge in [-0.2, -0.15) is 0 Å². The Morgan fingerprint density at radius 2 is 2.07 bits per heavy atom. The summed E-state index contributed by atoms with van der Waals surface area (Å²) in [6, 6.07) is 1.67. The molecular formula is C8H11N3O2S. The molecule has 0 aromatic carbocycles. The first kappa shape index (κ1) is 10.6. The fourth-order valence-electron chi connectivity index (χ4n) is 0.911. The molecule has 0 saturated carbocycles. The Morgan fingerprint density at radius 3 is 2.57 bits per heavy atom. The molecule has 1 heterocycles. The molecule has 0 atom stereocenters. The lowest BCUT2D eigenvalue weighted by molar-refractivity contribution is 0.366. The Morgan fingerprint density at radius 1 is 1.36 bits per heavy atom. The van der Waals surface area contributed by atoms with E-state index in [1.165, 1.54) is 14.2 Å². The van der Waals surface area contributed by atoms with E-state index in [9.17, 15) is 0 Å². The maximum Gasteiger partial charge on any atom is 0.243 e. The standard InChI is InChI=1S/C8H11N3O2S/c1-9-8(14)5-4-6(12-2)10-11-7(5)13-3/h4H,1-3H3,(H,9,14). The Labute approximate surface area is 87.4 Å². The Bertz CT molecular complexity index is 343. The minimum absolute atomic E-state index is 0.380. The van der Waals surface area contributed by atoms with Gasteiger partial charge in [0.05, 0.1) is 19.8 Å². The van der Waals surface area contributed by atoms with Crippen LogP contribution < -0.4 is 14.8 Å². The molecule has 14 heavy (non-hydrogen) atoms. The minimum Gasteiger partial charge on any atom is -0.480 e. The highest BCUT2D eigenvalue weighted by Gasteiger charge is 2.11. The van der Waals surface area contributed by atoms with E-state index in [1.54, 1.807) is 13.1 Å². The van der Waals surface area contributed by atoms with E-state index < -0.39 is 0 Å². The summed E-state index contributed by atoms with van der Waals surface area (Å²) in [5.74, 6) is 0.781. The summed E-state index contributed by atoms with van der Waals surface area (Å²) in [7, 11) is 4.76. The molecule has 0 aliphatic rings. The van der Waals surface area contributed by atoms with E-state index in [2.05, 4.69) is 15.5 Å². The van der Waals surface area contributed by atoms with E-state index in [1.807, 2.05) is 0 Å². The van der Waals surface area contributed by atoms with Gasteiger partial charge in [-0.05, 0) is 0 Å². The van der Waals surface area contributed by atoms with Crippen LogP contribution in [0.25, 0.3) is 0 Å². The summed E-state index contributed by atoms with van der Waals surface area (Å²) in [5, 5.41) is 10.4. The molecule has 0 aliphatic carbocycles. The zero-order valence-corrected chi connectivity index (χ0v) is 9.01. The Kier molecular flexibility index (Phi) is 3.58. The summed E-state index contributed by atoms with van der Waals surface area (Å²) >= 11 is 5.07. The summed E-state index contributed by atoms with van der Waals surface area (Å²) < 4.78 is 9.94. The van der Waals surface area contributed by atoms with Crippen LogP contribution >= 0.6 is 12.2 Å². The molecule has 0 unspecified atom stereocenters. The highest BCUT2D eigenvalue weighted by Crippen LogP contribution is 2.18. The Balaban J connectivity index is 3.14. The zero-order chi connectivity index (χ0) is 10.6. The molecule has 6 heteroatoms. The molecule has 76 valence electrons. The van der Waals surface area contributed by atoms with Gasteiger partial charge in [0.2, 0.25) is 11.8 Å². The van der Waals surface area contributed by atoms with Gasteiger partial charge in [-0.1, -0.05) is 12.2 Å². The number of ether oxygens (including phenoxy) is 2. The van der Waals surface area contributed by atoms with E-state index >= 15 is 0 Å². The van der Waals surface area contributed by atoms with E-state index in [0.29, 0.717) is 22.3 Å². The van der Waals surface area contributed by atoms with Crippen LogP contribution in [-0.4, -0.2) is 36.5 Å². The lowest BCUT2D eigenvalue weighted by Gasteiger charge is -2.08. The van der Waals surface area contributed by atoms with Crippen molar-refractivity contribution in [2.45, 2.75) is 0 Å². The van der Waals surface area contributed by atoms with Gasteiger partial charge >= 0.3 is 0 Å². The molecule has 1 aromatic rings.